The number of hydrogen-bond donors (Lipinski definition) is 2. The van der Waals surface area contributed by atoms with Gasteiger partial charge in [-0.15, -0.1) is 5.10 Å². The number of nitrogens with zero attached hydrogens (tertiary/aromatic N) is 5. The molecule has 34 heavy (non-hydrogen) atoms. The van der Waals surface area contributed by atoms with Crippen LogP contribution in [0.1, 0.15) is 33.2 Å². The summed E-state index contributed by atoms with van der Waals surface area (Å²) in [6.45, 7) is 1.76. The Kier molecular flexibility index (Phi) is 6.95. The molecule has 170 valence electrons. The summed E-state index contributed by atoms with van der Waals surface area (Å²) in [5, 5.41) is 18.6. The monoisotopic (exact) mass is 493 g/mol. The molecule has 0 aliphatic rings. The fourth-order valence-electron chi connectivity index (χ4n) is 3.07. The number of hydrogen-bond acceptors (Lipinski definition) is 6. The second-order valence-corrected chi connectivity index (χ2v) is 7.91. The number of para-hydroxylation sites is 1. The van der Waals surface area contributed by atoms with Crippen LogP contribution >= 0.6 is 23.2 Å². The molecule has 0 spiro atoms. The summed E-state index contributed by atoms with van der Waals surface area (Å²) < 4.78 is 1.52. The summed E-state index contributed by atoms with van der Waals surface area (Å²) in [5.74, 6) is -0.963. The number of aromatic nitrogens is 4. The van der Waals surface area contributed by atoms with Crippen LogP contribution < -0.4 is 10.7 Å². The first-order valence-corrected chi connectivity index (χ1v) is 10.7. The molecule has 3 aromatic carbocycles. The zero-order valence-electron chi connectivity index (χ0n) is 17.7. The van der Waals surface area contributed by atoms with E-state index in [1.54, 1.807) is 37.3 Å². The van der Waals surface area contributed by atoms with Gasteiger partial charge in [-0.25, -0.2) is 10.1 Å². The molecule has 1 aromatic heterocycles. The molecule has 0 fully saturated rings. The Morgan fingerprint density at radius 3 is 2.53 bits per heavy atom. The van der Waals surface area contributed by atoms with Gasteiger partial charge in [0.2, 0.25) is 0 Å². The number of carbonyl (C=O) groups is 2. The number of anilines is 1. The molecule has 11 heteroatoms. The molecule has 0 bridgehead atoms. The smallest absolute Gasteiger partial charge is 0.273 e. The van der Waals surface area contributed by atoms with Crippen LogP contribution in [0.5, 0.6) is 0 Å². The molecule has 0 saturated carbocycles. The van der Waals surface area contributed by atoms with E-state index in [-0.39, 0.29) is 16.1 Å². The largest absolute Gasteiger partial charge is 0.321 e. The second kappa shape index (κ2) is 10.2. The predicted molar refractivity (Wildman–Crippen MR) is 130 cm³/mol. The molecule has 4 aromatic rings. The van der Waals surface area contributed by atoms with Crippen molar-refractivity contribution in [3.63, 3.8) is 0 Å². The van der Waals surface area contributed by atoms with Crippen LogP contribution in [-0.2, 0) is 0 Å². The third kappa shape index (κ3) is 5.28. The van der Waals surface area contributed by atoms with Gasteiger partial charge in [0, 0.05) is 5.02 Å². The minimum Gasteiger partial charge on any atom is -0.321 e. The third-order valence-electron chi connectivity index (χ3n) is 4.80. The molecule has 4 rings (SSSR count). The average Bonchev–Trinajstić information content (AvgIpc) is 3.38. The maximum Gasteiger partial charge on any atom is 0.273 e. The van der Waals surface area contributed by atoms with Crippen molar-refractivity contribution in [2.45, 2.75) is 6.92 Å². The Balaban J connectivity index is 1.50. The lowest BCUT2D eigenvalue weighted by atomic mass is 10.1. The highest BCUT2D eigenvalue weighted by Crippen LogP contribution is 2.23. The van der Waals surface area contributed by atoms with Gasteiger partial charge in [0.05, 0.1) is 33.2 Å². The lowest BCUT2D eigenvalue weighted by molar-refractivity contribution is 0.0955. The van der Waals surface area contributed by atoms with Gasteiger partial charge >= 0.3 is 0 Å². The van der Waals surface area contributed by atoms with E-state index in [2.05, 4.69) is 31.4 Å². The van der Waals surface area contributed by atoms with Crippen molar-refractivity contribution in [1.29, 1.82) is 0 Å². The number of nitrogens with one attached hydrogen (secondary N) is 2. The van der Waals surface area contributed by atoms with Gasteiger partial charge in [-0.3, -0.25) is 9.59 Å². The number of halogens is 2. The molecule has 0 radical (unpaired) electrons. The zero-order valence-corrected chi connectivity index (χ0v) is 19.2. The quantitative estimate of drug-likeness (QED) is 0.305. The first kappa shape index (κ1) is 23.1. The van der Waals surface area contributed by atoms with Crippen LogP contribution in [0.25, 0.3) is 5.69 Å². The summed E-state index contributed by atoms with van der Waals surface area (Å²) in [7, 11) is 0. The first-order chi connectivity index (χ1) is 16.4. The molecule has 0 aliphatic heterocycles. The molecule has 2 amide bonds. The predicted octanol–water partition coefficient (Wildman–Crippen LogP) is 4.38. The zero-order chi connectivity index (χ0) is 24.1. The Labute approximate surface area is 204 Å². The highest BCUT2D eigenvalue weighted by atomic mass is 35.5. The van der Waals surface area contributed by atoms with Crippen molar-refractivity contribution in [2.24, 2.45) is 5.10 Å². The van der Waals surface area contributed by atoms with Gasteiger partial charge in [-0.1, -0.05) is 47.5 Å². The van der Waals surface area contributed by atoms with Crippen molar-refractivity contribution in [1.82, 2.24) is 25.6 Å². The Morgan fingerprint density at radius 2 is 1.76 bits per heavy atom. The number of hydrazone groups is 1. The van der Waals surface area contributed by atoms with Gasteiger partial charge in [0.1, 0.15) is 6.33 Å². The van der Waals surface area contributed by atoms with E-state index in [1.807, 2.05) is 24.3 Å². The highest BCUT2D eigenvalue weighted by Gasteiger charge is 2.16. The van der Waals surface area contributed by atoms with Crippen LogP contribution in [0.15, 0.2) is 78.2 Å². The maximum atomic E-state index is 12.8. The van der Waals surface area contributed by atoms with Crippen LogP contribution in [0.3, 0.4) is 0 Å². The minimum atomic E-state index is -0.492. The minimum absolute atomic E-state index is 0.205. The van der Waals surface area contributed by atoms with E-state index in [1.165, 1.54) is 23.1 Å². The Morgan fingerprint density at radius 1 is 0.941 bits per heavy atom. The summed E-state index contributed by atoms with van der Waals surface area (Å²) >= 11 is 12.0. The van der Waals surface area contributed by atoms with E-state index < -0.39 is 11.8 Å². The average molecular weight is 494 g/mol. The highest BCUT2D eigenvalue weighted by molar-refractivity contribution is 6.37. The molecule has 0 saturated heterocycles. The molecule has 0 unspecified atom stereocenters. The lowest BCUT2D eigenvalue weighted by Gasteiger charge is -2.11. The van der Waals surface area contributed by atoms with Gasteiger partial charge in [0.15, 0.2) is 0 Å². The van der Waals surface area contributed by atoms with E-state index in [0.717, 1.165) is 11.3 Å². The fraction of sp³-hybridized carbons (Fsp3) is 0.0435. The van der Waals surface area contributed by atoms with Gasteiger partial charge in [0.25, 0.3) is 11.8 Å². The van der Waals surface area contributed by atoms with Crippen molar-refractivity contribution in [3.8, 4) is 5.69 Å². The molecular weight excluding hydrogens is 477 g/mol. The van der Waals surface area contributed by atoms with Crippen molar-refractivity contribution < 1.29 is 9.59 Å². The summed E-state index contributed by atoms with van der Waals surface area (Å²) in [5.41, 5.74) is 5.40. The lowest BCUT2D eigenvalue weighted by Crippen LogP contribution is -2.22. The number of tetrazole rings is 1. The molecule has 2 N–H and O–H groups in total. The van der Waals surface area contributed by atoms with E-state index >= 15 is 0 Å². The molecule has 1 heterocycles. The summed E-state index contributed by atoms with van der Waals surface area (Å²) in [6, 6.07) is 18.5. The van der Waals surface area contributed by atoms with Crippen molar-refractivity contribution >= 4 is 46.4 Å². The van der Waals surface area contributed by atoms with E-state index in [9.17, 15) is 9.59 Å². The van der Waals surface area contributed by atoms with Crippen LogP contribution in [0.2, 0.25) is 10.0 Å². The normalized spacial score (nSPS) is 11.2. The van der Waals surface area contributed by atoms with E-state index in [4.69, 9.17) is 23.2 Å². The Bertz CT molecular complexity index is 1390. The van der Waals surface area contributed by atoms with Gasteiger partial charge < -0.3 is 5.32 Å². The number of carbonyl (C=O) groups excluding carboxylic acids is 2. The number of rotatable bonds is 6. The summed E-state index contributed by atoms with van der Waals surface area (Å²) in [4.78, 5) is 25.5. The van der Waals surface area contributed by atoms with Crippen molar-refractivity contribution in [3.05, 3.63) is 99.8 Å². The van der Waals surface area contributed by atoms with Gasteiger partial charge in [-0.05, 0) is 65.4 Å². The van der Waals surface area contributed by atoms with Crippen molar-refractivity contribution in [2.75, 3.05) is 5.32 Å². The SMILES string of the molecule is C/C(=N\NC(=O)c1ccccc1NC(=O)c1ccc(Cl)cc1Cl)c1cccc(-n2cnnn2)c1. The second-order valence-electron chi connectivity index (χ2n) is 7.07. The van der Waals surface area contributed by atoms with E-state index in [0.29, 0.717) is 16.4 Å². The molecular formula is C23H17Cl2N7O2. The number of amides is 2. The standard InChI is InChI=1S/C23H17Cl2N7O2/c1-14(15-5-4-6-17(11-15)32-13-26-30-31-32)28-29-23(34)19-7-2-3-8-21(19)27-22(33)18-10-9-16(24)12-20(18)25/h2-13H,1H3,(H,27,33)(H,29,34)/b28-14+. The fourth-order valence-corrected chi connectivity index (χ4v) is 3.56. The Hall–Kier alpha value is -4.08. The third-order valence-corrected chi connectivity index (χ3v) is 5.35. The summed E-state index contributed by atoms with van der Waals surface area (Å²) in [6.07, 6.45) is 1.48. The number of benzene rings is 3. The maximum absolute atomic E-state index is 12.8. The van der Waals surface area contributed by atoms with Crippen LogP contribution in [0, 0.1) is 0 Å². The molecule has 0 atom stereocenters. The molecule has 9 nitrogen and oxygen atoms in total. The molecule has 0 aliphatic carbocycles. The topological polar surface area (TPSA) is 114 Å². The first-order valence-electron chi connectivity index (χ1n) is 9.96. The van der Waals surface area contributed by atoms with Crippen LogP contribution in [0.4, 0.5) is 5.69 Å². The van der Waals surface area contributed by atoms with Crippen LogP contribution in [-0.4, -0.2) is 37.7 Å². The van der Waals surface area contributed by atoms with Gasteiger partial charge in [-0.2, -0.15) is 5.10 Å².